The molecule has 1 heterocycles. The summed E-state index contributed by atoms with van der Waals surface area (Å²) in [6.45, 7) is 7.63. The van der Waals surface area contributed by atoms with E-state index in [1.807, 2.05) is 20.8 Å². The number of aromatic nitrogens is 2. The largest absolute Gasteiger partial charge is 0.360 e. The first kappa shape index (κ1) is 14.0. The highest BCUT2D eigenvalue weighted by Crippen LogP contribution is 2.16. The van der Waals surface area contributed by atoms with Crippen LogP contribution in [0.15, 0.2) is 0 Å². The molecule has 0 aliphatic heterocycles. The zero-order chi connectivity index (χ0) is 13.9. The molecule has 2 N–H and O–H groups in total. The van der Waals surface area contributed by atoms with Crippen LogP contribution < -0.4 is 10.6 Å². The Balaban J connectivity index is 2.70. The molecule has 18 heavy (non-hydrogen) atoms. The Hall–Kier alpha value is -2.03. The van der Waals surface area contributed by atoms with Crippen molar-refractivity contribution in [2.45, 2.75) is 33.2 Å². The van der Waals surface area contributed by atoms with Gasteiger partial charge in [0.05, 0.1) is 12.2 Å². The van der Waals surface area contributed by atoms with Gasteiger partial charge in [-0.2, -0.15) is 10.4 Å². The lowest BCUT2D eigenvalue weighted by Gasteiger charge is -2.20. The average Bonchev–Trinajstić information content (AvgIpc) is 2.47. The molecule has 0 aliphatic rings. The van der Waals surface area contributed by atoms with E-state index in [1.165, 1.54) is 0 Å². The third-order valence-corrected chi connectivity index (χ3v) is 2.26. The molecule has 6 heteroatoms. The molecule has 1 rings (SSSR count). The Morgan fingerprint density at radius 1 is 1.50 bits per heavy atom. The number of nitrogens with one attached hydrogen (secondary N) is 2. The first-order valence-corrected chi connectivity index (χ1v) is 5.73. The lowest BCUT2D eigenvalue weighted by atomic mass is 10.1. The van der Waals surface area contributed by atoms with Crippen LogP contribution >= 0.6 is 0 Å². The van der Waals surface area contributed by atoms with Gasteiger partial charge in [0.2, 0.25) is 5.91 Å². The van der Waals surface area contributed by atoms with Crippen LogP contribution in [0.2, 0.25) is 0 Å². The molecule has 0 unspecified atom stereocenters. The molecule has 1 amide bonds. The van der Waals surface area contributed by atoms with E-state index in [4.69, 9.17) is 5.26 Å². The minimum atomic E-state index is -0.265. The van der Waals surface area contributed by atoms with Gasteiger partial charge in [0, 0.05) is 12.6 Å². The van der Waals surface area contributed by atoms with Crippen LogP contribution in [-0.2, 0) is 11.8 Å². The van der Waals surface area contributed by atoms with Crippen LogP contribution in [0.5, 0.6) is 0 Å². The molecule has 0 saturated carbocycles. The smallest absolute Gasteiger partial charge is 0.239 e. The van der Waals surface area contributed by atoms with Gasteiger partial charge in [-0.1, -0.05) is 0 Å². The summed E-state index contributed by atoms with van der Waals surface area (Å²) in [6.07, 6.45) is 0. The first-order valence-electron chi connectivity index (χ1n) is 5.73. The van der Waals surface area contributed by atoms with Crippen molar-refractivity contribution in [2.75, 3.05) is 11.9 Å². The summed E-state index contributed by atoms with van der Waals surface area (Å²) < 4.78 is 1.57. The van der Waals surface area contributed by atoms with Gasteiger partial charge in [-0.15, -0.1) is 0 Å². The van der Waals surface area contributed by atoms with Crippen LogP contribution in [0.25, 0.3) is 0 Å². The third-order valence-electron chi connectivity index (χ3n) is 2.26. The summed E-state index contributed by atoms with van der Waals surface area (Å²) in [7, 11) is 1.73. The minimum Gasteiger partial charge on any atom is -0.360 e. The van der Waals surface area contributed by atoms with E-state index in [2.05, 4.69) is 21.8 Å². The number of amides is 1. The first-order chi connectivity index (χ1) is 8.24. The van der Waals surface area contributed by atoms with E-state index < -0.39 is 0 Å². The predicted molar refractivity (Wildman–Crippen MR) is 69.0 cm³/mol. The van der Waals surface area contributed by atoms with Crippen LogP contribution in [-0.4, -0.2) is 27.8 Å². The van der Waals surface area contributed by atoms with Crippen molar-refractivity contribution in [3.05, 3.63) is 11.3 Å². The van der Waals surface area contributed by atoms with E-state index in [0.717, 1.165) is 0 Å². The monoisotopic (exact) mass is 249 g/mol. The molecule has 0 saturated heterocycles. The second-order valence-electron chi connectivity index (χ2n) is 5.20. The third kappa shape index (κ3) is 3.48. The molecule has 0 aromatic carbocycles. The number of nitrogens with zero attached hydrogens (tertiary/aromatic N) is 3. The predicted octanol–water partition coefficient (Wildman–Crippen LogP) is 0.927. The maximum Gasteiger partial charge on any atom is 0.239 e. The van der Waals surface area contributed by atoms with Crippen molar-refractivity contribution in [2.24, 2.45) is 7.05 Å². The second kappa shape index (κ2) is 5.08. The van der Waals surface area contributed by atoms with Gasteiger partial charge < -0.3 is 10.6 Å². The van der Waals surface area contributed by atoms with Crippen LogP contribution in [0.3, 0.4) is 0 Å². The molecule has 0 bridgehead atoms. The Morgan fingerprint density at radius 2 is 2.11 bits per heavy atom. The molecule has 1 aromatic rings. The normalized spacial score (nSPS) is 10.9. The van der Waals surface area contributed by atoms with E-state index in [0.29, 0.717) is 17.1 Å². The van der Waals surface area contributed by atoms with E-state index in [1.54, 1.807) is 18.7 Å². The Morgan fingerprint density at radius 3 is 2.61 bits per heavy atom. The molecular formula is C12H19N5O. The van der Waals surface area contributed by atoms with Crippen molar-refractivity contribution in [3.8, 4) is 6.07 Å². The lowest BCUT2D eigenvalue weighted by Crippen LogP contribution is -2.43. The van der Waals surface area contributed by atoms with E-state index in [9.17, 15) is 4.79 Å². The number of anilines is 1. The molecule has 0 radical (unpaired) electrons. The van der Waals surface area contributed by atoms with Crippen molar-refractivity contribution in [1.29, 1.82) is 5.26 Å². The number of carbonyl (C=O) groups is 1. The quantitative estimate of drug-likeness (QED) is 0.834. The molecule has 0 fully saturated rings. The summed E-state index contributed by atoms with van der Waals surface area (Å²) in [5.41, 5.74) is 0.860. The Bertz CT molecular complexity index is 490. The van der Waals surface area contributed by atoms with Crippen molar-refractivity contribution in [3.63, 3.8) is 0 Å². The van der Waals surface area contributed by atoms with E-state index in [-0.39, 0.29) is 18.0 Å². The van der Waals surface area contributed by atoms with Crippen molar-refractivity contribution in [1.82, 2.24) is 15.1 Å². The van der Waals surface area contributed by atoms with Gasteiger partial charge in [0.25, 0.3) is 0 Å². The molecule has 1 aromatic heterocycles. The number of nitriles is 1. The fraction of sp³-hybridized carbons (Fsp3) is 0.583. The molecule has 0 atom stereocenters. The Kier molecular flexibility index (Phi) is 3.96. The molecule has 98 valence electrons. The topological polar surface area (TPSA) is 82.7 Å². The van der Waals surface area contributed by atoms with Gasteiger partial charge in [-0.25, -0.2) is 0 Å². The van der Waals surface area contributed by atoms with Gasteiger partial charge in [0.15, 0.2) is 0 Å². The number of hydrogen-bond donors (Lipinski definition) is 2. The number of hydrogen-bond acceptors (Lipinski definition) is 4. The molecule has 0 spiro atoms. The lowest BCUT2D eigenvalue weighted by molar-refractivity contribution is -0.120. The maximum atomic E-state index is 11.7. The van der Waals surface area contributed by atoms with Crippen molar-refractivity contribution >= 4 is 11.7 Å². The van der Waals surface area contributed by atoms with Crippen LogP contribution in [0, 0.1) is 18.3 Å². The summed E-state index contributed by atoms with van der Waals surface area (Å²) in [4.78, 5) is 11.7. The summed E-state index contributed by atoms with van der Waals surface area (Å²) in [6, 6.07) is 2.08. The van der Waals surface area contributed by atoms with Crippen LogP contribution in [0.4, 0.5) is 5.82 Å². The SMILES string of the molecule is Cc1nn(C)c(NCC(=O)NC(C)(C)C)c1C#N. The highest BCUT2D eigenvalue weighted by atomic mass is 16.2. The van der Waals surface area contributed by atoms with Gasteiger partial charge in [-0.05, 0) is 27.7 Å². The second-order valence-corrected chi connectivity index (χ2v) is 5.20. The fourth-order valence-electron chi connectivity index (χ4n) is 1.62. The fourth-order valence-corrected chi connectivity index (χ4v) is 1.62. The maximum absolute atomic E-state index is 11.7. The van der Waals surface area contributed by atoms with Gasteiger partial charge in [0.1, 0.15) is 17.5 Å². The zero-order valence-corrected chi connectivity index (χ0v) is 11.5. The minimum absolute atomic E-state index is 0.116. The van der Waals surface area contributed by atoms with Crippen molar-refractivity contribution < 1.29 is 4.79 Å². The zero-order valence-electron chi connectivity index (χ0n) is 11.5. The number of rotatable bonds is 3. The standard InChI is InChI=1S/C12H19N5O/c1-8-9(6-13)11(17(5)16-8)14-7-10(18)15-12(2,3)4/h14H,7H2,1-5H3,(H,15,18). The number of aryl methyl sites for hydroxylation is 2. The Labute approximate surface area is 107 Å². The summed E-state index contributed by atoms with van der Waals surface area (Å²) in [5, 5.41) is 18.9. The summed E-state index contributed by atoms with van der Waals surface area (Å²) in [5.74, 6) is 0.448. The van der Waals surface area contributed by atoms with Gasteiger partial charge in [-0.3, -0.25) is 9.48 Å². The molecule has 6 nitrogen and oxygen atoms in total. The molecular weight excluding hydrogens is 230 g/mol. The van der Waals surface area contributed by atoms with E-state index >= 15 is 0 Å². The van der Waals surface area contributed by atoms with Gasteiger partial charge >= 0.3 is 0 Å². The highest BCUT2D eigenvalue weighted by Gasteiger charge is 2.16. The average molecular weight is 249 g/mol. The van der Waals surface area contributed by atoms with Crippen LogP contribution in [0.1, 0.15) is 32.0 Å². The summed E-state index contributed by atoms with van der Waals surface area (Å²) >= 11 is 0. The highest BCUT2D eigenvalue weighted by molar-refractivity contribution is 5.81. The molecule has 0 aliphatic carbocycles. The number of carbonyl (C=O) groups excluding carboxylic acids is 1.